The van der Waals surface area contributed by atoms with Gasteiger partial charge in [-0.05, 0) is 12.1 Å². The lowest BCUT2D eigenvalue weighted by atomic mass is 10.1. The van der Waals surface area contributed by atoms with Gasteiger partial charge in [-0.25, -0.2) is 0 Å². The third kappa shape index (κ3) is 2.80. The fourth-order valence-corrected chi connectivity index (χ4v) is 1.00. The van der Waals surface area contributed by atoms with Crippen molar-refractivity contribution in [3.8, 4) is 0 Å². The minimum atomic E-state index is -4.56. The number of rotatable bonds is 2. The summed E-state index contributed by atoms with van der Waals surface area (Å²) >= 11 is 0. The third-order valence-corrected chi connectivity index (χ3v) is 1.60. The molecule has 1 aromatic carbocycles. The highest BCUT2D eigenvalue weighted by Crippen LogP contribution is 2.34. The highest BCUT2D eigenvalue weighted by atomic mass is 19.4. The summed E-state index contributed by atoms with van der Waals surface area (Å²) in [6.07, 6.45) is -4.65. The Labute approximate surface area is 82.9 Å². The van der Waals surface area contributed by atoms with E-state index >= 15 is 0 Å². The third-order valence-electron chi connectivity index (χ3n) is 1.60. The summed E-state index contributed by atoms with van der Waals surface area (Å²) in [6, 6.07) is 4.42. The molecule has 0 aliphatic heterocycles. The van der Waals surface area contributed by atoms with Crippen LogP contribution in [-0.4, -0.2) is 12.2 Å². The summed E-state index contributed by atoms with van der Waals surface area (Å²) in [4.78, 5) is 20.6. The number of hydrogen-bond donors (Lipinski definition) is 1. The van der Waals surface area contributed by atoms with E-state index in [4.69, 9.17) is 0 Å². The number of alkyl halides is 3. The summed E-state index contributed by atoms with van der Waals surface area (Å²) in [5.41, 5.74) is -1.41. The zero-order valence-electron chi connectivity index (χ0n) is 7.34. The van der Waals surface area contributed by atoms with Gasteiger partial charge < -0.3 is 5.32 Å². The number of carbonyl (C=O) groups is 2. The molecule has 0 spiro atoms. The second-order valence-corrected chi connectivity index (χ2v) is 2.65. The zero-order valence-corrected chi connectivity index (χ0v) is 7.34. The van der Waals surface area contributed by atoms with Crippen molar-refractivity contribution in [2.75, 3.05) is 5.32 Å². The van der Waals surface area contributed by atoms with Crippen LogP contribution in [0.3, 0.4) is 0 Å². The van der Waals surface area contributed by atoms with Gasteiger partial charge >= 0.3 is 6.18 Å². The molecule has 0 saturated carbocycles. The molecule has 0 saturated heterocycles. The van der Waals surface area contributed by atoms with E-state index in [1.165, 1.54) is 12.1 Å². The number of amides is 1. The normalized spacial score (nSPS) is 10.9. The van der Waals surface area contributed by atoms with Crippen molar-refractivity contribution < 1.29 is 22.8 Å². The van der Waals surface area contributed by atoms with E-state index in [1.54, 1.807) is 0 Å². The molecular formula is C9H6F3NO2. The molecule has 0 radical (unpaired) electrons. The molecule has 80 valence electrons. The van der Waals surface area contributed by atoms with Gasteiger partial charge in [0.05, 0.1) is 11.3 Å². The summed E-state index contributed by atoms with van der Waals surface area (Å²) in [7, 11) is 0. The summed E-state index contributed by atoms with van der Waals surface area (Å²) < 4.78 is 37.1. The Balaban J connectivity index is 3.07. The maximum absolute atomic E-state index is 12.4. The van der Waals surface area contributed by atoms with Gasteiger partial charge in [-0.1, -0.05) is 12.1 Å². The van der Waals surface area contributed by atoms with Crippen molar-refractivity contribution in [3.63, 3.8) is 0 Å². The van der Waals surface area contributed by atoms with Gasteiger partial charge in [0.25, 0.3) is 5.91 Å². The Bertz CT molecular complexity index is 387. The van der Waals surface area contributed by atoms with Gasteiger partial charge in [-0.2, -0.15) is 13.2 Å². The van der Waals surface area contributed by atoms with Crippen molar-refractivity contribution in [1.29, 1.82) is 0 Å². The second kappa shape index (κ2) is 4.12. The fraction of sp³-hybridized carbons (Fsp3) is 0.111. The first-order valence-corrected chi connectivity index (χ1v) is 3.87. The number of carbonyl (C=O) groups excluding carboxylic acids is 2. The lowest BCUT2D eigenvalue weighted by molar-refractivity contribution is -0.137. The average Bonchev–Trinajstić information content (AvgIpc) is 2.17. The first-order valence-electron chi connectivity index (χ1n) is 3.87. The minimum Gasteiger partial charge on any atom is -0.319 e. The van der Waals surface area contributed by atoms with Crippen LogP contribution in [0.25, 0.3) is 0 Å². The van der Waals surface area contributed by atoms with Gasteiger partial charge in [0.2, 0.25) is 6.29 Å². The molecule has 15 heavy (non-hydrogen) atoms. The molecule has 0 unspecified atom stereocenters. The number of halogens is 3. The van der Waals surface area contributed by atoms with Crippen LogP contribution < -0.4 is 5.32 Å². The first-order chi connectivity index (χ1) is 6.95. The second-order valence-electron chi connectivity index (χ2n) is 2.65. The predicted molar refractivity (Wildman–Crippen MR) is 46.1 cm³/mol. The van der Waals surface area contributed by atoms with E-state index in [9.17, 15) is 22.8 Å². The Morgan fingerprint density at radius 2 is 1.87 bits per heavy atom. The summed E-state index contributed by atoms with van der Waals surface area (Å²) in [5, 5.41) is 1.84. The maximum Gasteiger partial charge on any atom is 0.418 e. The highest BCUT2D eigenvalue weighted by molar-refractivity contribution is 6.29. The predicted octanol–water partition coefficient (Wildman–Crippen LogP) is 1.84. The van der Waals surface area contributed by atoms with Crippen molar-refractivity contribution in [1.82, 2.24) is 0 Å². The van der Waals surface area contributed by atoms with E-state index in [0.717, 1.165) is 12.1 Å². The van der Waals surface area contributed by atoms with Crippen LogP contribution in [0.2, 0.25) is 0 Å². The van der Waals surface area contributed by atoms with E-state index < -0.39 is 23.3 Å². The number of hydrogen-bond acceptors (Lipinski definition) is 2. The smallest absolute Gasteiger partial charge is 0.319 e. The molecule has 1 N–H and O–H groups in total. The van der Waals surface area contributed by atoms with E-state index in [0.29, 0.717) is 0 Å². The van der Waals surface area contributed by atoms with E-state index in [2.05, 4.69) is 0 Å². The van der Waals surface area contributed by atoms with Gasteiger partial charge in [0, 0.05) is 0 Å². The highest BCUT2D eigenvalue weighted by Gasteiger charge is 2.33. The molecule has 0 aliphatic carbocycles. The van der Waals surface area contributed by atoms with Gasteiger partial charge in [-0.3, -0.25) is 9.59 Å². The molecule has 0 aliphatic rings. The van der Waals surface area contributed by atoms with E-state index in [1.807, 2.05) is 5.32 Å². The number of aldehydes is 1. The Hall–Kier alpha value is -1.85. The van der Waals surface area contributed by atoms with Gasteiger partial charge in [0.15, 0.2) is 0 Å². The van der Waals surface area contributed by atoms with Crippen molar-refractivity contribution in [3.05, 3.63) is 29.8 Å². The molecule has 1 rings (SSSR count). The standard InChI is InChI=1S/C9H6F3NO2/c10-9(11,12)6-3-1-2-4-7(6)13-8(15)5-14/h1-5H,(H,13,15). The van der Waals surface area contributed by atoms with Gasteiger partial charge in [-0.15, -0.1) is 0 Å². The molecule has 3 nitrogen and oxygen atoms in total. The SMILES string of the molecule is O=CC(=O)Nc1ccccc1C(F)(F)F. The van der Waals surface area contributed by atoms with Crippen LogP contribution in [0.1, 0.15) is 5.56 Å². The number of anilines is 1. The molecule has 0 atom stereocenters. The first kappa shape index (κ1) is 11.2. The molecule has 6 heteroatoms. The molecule has 1 amide bonds. The Kier molecular flexibility index (Phi) is 3.08. The molecule has 0 fully saturated rings. The van der Waals surface area contributed by atoms with Crippen LogP contribution in [-0.2, 0) is 15.8 Å². The quantitative estimate of drug-likeness (QED) is 0.606. The van der Waals surface area contributed by atoms with Crippen LogP contribution >= 0.6 is 0 Å². The molecule has 1 aromatic rings. The van der Waals surface area contributed by atoms with Crippen molar-refractivity contribution >= 4 is 17.9 Å². The van der Waals surface area contributed by atoms with Crippen LogP contribution in [0.4, 0.5) is 18.9 Å². The average molecular weight is 217 g/mol. The number of nitrogens with one attached hydrogen (secondary N) is 1. The number of benzene rings is 1. The van der Waals surface area contributed by atoms with Crippen molar-refractivity contribution in [2.45, 2.75) is 6.18 Å². The van der Waals surface area contributed by atoms with E-state index in [-0.39, 0.29) is 6.29 Å². The number of para-hydroxylation sites is 1. The maximum atomic E-state index is 12.4. The van der Waals surface area contributed by atoms with Crippen LogP contribution in [0, 0.1) is 0 Å². The fourth-order valence-electron chi connectivity index (χ4n) is 1.00. The molecule has 0 heterocycles. The summed E-state index contributed by atoms with van der Waals surface area (Å²) in [6.45, 7) is 0. The Morgan fingerprint density at radius 3 is 2.40 bits per heavy atom. The van der Waals surface area contributed by atoms with Gasteiger partial charge in [0.1, 0.15) is 0 Å². The topological polar surface area (TPSA) is 46.2 Å². The van der Waals surface area contributed by atoms with Crippen LogP contribution in [0.5, 0.6) is 0 Å². The monoisotopic (exact) mass is 217 g/mol. The molecular weight excluding hydrogens is 211 g/mol. The van der Waals surface area contributed by atoms with Crippen LogP contribution in [0.15, 0.2) is 24.3 Å². The lowest BCUT2D eigenvalue weighted by Gasteiger charge is -2.11. The molecule has 0 aromatic heterocycles. The molecule has 0 bridgehead atoms. The lowest BCUT2D eigenvalue weighted by Crippen LogP contribution is -2.16. The largest absolute Gasteiger partial charge is 0.418 e. The zero-order chi connectivity index (χ0) is 11.5. The Morgan fingerprint density at radius 1 is 1.27 bits per heavy atom. The summed E-state index contributed by atoms with van der Waals surface area (Å²) in [5.74, 6) is -1.12. The minimum absolute atomic E-state index is 0.0901. The van der Waals surface area contributed by atoms with Crippen molar-refractivity contribution in [2.24, 2.45) is 0 Å².